The Hall–Kier alpha value is -5.12. The van der Waals surface area contributed by atoms with Gasteiger partial charge in [-0.1, -0.05) is 84.1 Å². The maximum atomic E-state index is 14.4. The SMILES string of the molecule is COc1ccc([C@@H]2C3=C(N=c4s/c(=C\c5cc(Br)c(OCc6cccc7ccccc67)c(OC)c5)c(=O)n42)c2ccccc2CC3)cc1OC. The van der Waals surface area contributed by atoms with Crippen LogP contribution in [0.4, 0.5) is 0 Å². The predicted octanol–water partition coefficient (Wildman–Crippen LogP) is 7.84. The number of benzene rings is 5. The van der Waals surface area contributed by atoms with Crippen LogP contribution >= 0.6 is 27.3 Å². The third kappa shape index (κ3) is 5.60. The fourth-order valence-electron chi connectivity index (χ4n) is 7.03. The van der Waals surface area contributed by atoms with Crippen LogP contribution in [-0.2, 0) is 13.0 Å². The average Bonchev–Trinajstić information content (AvgIpc) is 3.46. The van der Waals surface area contributed by atoms with E-state index in [4.69, 9.17) is 23.9 Å². The summed E-state index contributed by atoms with van der Waals surface area (Å²) in [6.07, 6.45) is 3.57. The highest BCUT2D eigenvalue weighted by atomic mass is 79.9. The Balaban J connectivity index is 1.22. The second-order valence-electron chi connectivity index (χ2n) is 12.2. The van der Waals surface area contributed by atoms with E-state index in [2.05, 4.69) is 58.4 Å². The van der Waals surface area contributed by atoms with Crippen LogP contribution in [0.1, 0.15) is 40.3 Å². The molecule has 0 amide bonds. The van der Waals surface area contributed by atoms with Crippen molar-refractivity contribution in [1.82, 2.24) is 4.57 Å². The van der Waals surface area contributed by atoms with Crippen LogP contribution in [0, 0.1) is 0 Å². The number of fused-ring (bicyclic) bond motifs is 4. The Morgan fingerprint density at radius 3 is 2.48 bits per heavy atom. The van der Waals surface area contributed by atoms with Crippen molar-refractivity contribution >= 4 is 49.8 Å². The number of ether oxygens (including phenoxy) is 4. The van der Waals surface area contributed by atoms with Crippen LogP contribution < -0.4 is 33.8 Å². The van der Waals surface area contributed by atoms with Gasteiger partial charge < -0.3 is 18.9 Å². The summed E-state index contributed by atoms with van der Waals surface area (Å²) in [7, 11) is 4.87. The highest BCUT2D eigenvalue weighted by molar-refractivity contribution is 9.10. The van der Waals surface area contributed by atoms with E-state index in [0.29, 0.717) is 38.9 Å². The molecular weight excluding hydrogens is 712 g/mol. The summed E-state index contributed by atoms with van der Waals surface area (Å²) in [6, 6.07) is 32.3. The molecular formula is C41H33BrN2O5S. The monoisotopic (exact) mass is 744 g/mol. The number of halogens is 1. The number of hydrogen-bond donors (Lipinski definition) is 0. The second-order valence-corrected chi connectivity index (χ2v) is 14.1. The molecule has 1 atom stereocenters. The lowest BCUT2D eigenvalue weighted by atomic mass is 9.83. The fraction of sp³-hybridized carbons (Fsp3) is 0.171. The van der Waals surface area contributed by atoms with Gasteiger partial charge in [-0.15, -0.1) is 0 Å². The van der Waals surface area contributed by atoms with E-state index < -0.39 is 0 Å². The van der Waals surface area contributed by atoms with Gasteiger partial charge in [0.25, 0.3) is 5.56 Å². The van der Waals surface area contributed by atoms with Crippen molar-refractivity contribution in [2.75, 3.05) is 21.3 Å². The van der Waals surface area contributed by atoms with Crippen LogP contribution in [-0.4, -0.2) is 25.9 Å². The van der Waals surface area contributed by atoms with Crippen LogP contribution in [0.3, 0.4) is 0 Å². The first-order chi connectivity index (χ1) is 24.5. The minimum atomic E-state index is -0.345. The molecule has 1 aromatic heterocycles. The number of methoxy groups -OCH3 is 3. The highest BCUT2D eigenvalue weighted by Crippen LogP contribution is 2.43. The molecule has 0 N–H and O–H groups in total. The number of thiazole rings is 1. The molecule has 2 aliphatic rings. The molecule has 0 saturated heterocycles. The summed E-state index contributed by atoms with van der Waals surface area (Å²) < 4.78 is 26.5. The number of rotatable bonds is 8. The molecule has 1 aliphatic heterocycles. The van der Waals surface area contributed by atoms with E-state index in [-0.39, 0.29) is 11.6 Å². The first-order valence-electron chi connectivity index (χ1n) is 16.3. The predicted molar refractivity (Wildman–Crippen MR) is 201 cm³/mol. The van der Waals surface area contributed by atoms with E-state index in [0.717, 1.165) is 61.6 Å². The zero-order valence-electron chi connectivity index (χ0n) is 27.7. The van der Waals surface area contributed by atoms with Gasteiger partial charge in [0.1, 0.15) is 6.61 Å². The first kappa shape index (κ1) is 32.1. The van der Waals surface area contributed by atoms with Gasteiger partial charge in [0.15, 0.2) is 27.8 Å². The van der Waals surface area contributed by atoms with Gasteiger partial charge in [-0.05, 0) is 97.7 Å². The van der Waals surface area contributed by atoms with E-state index in [1.807, 2.05) is 65.2 Å². The van der Waals surface area contributed by atoms with Crippen molar-refractivity contribution in [2.45, 2.75) is 25.5 Å². The summed E-state index contributed by atoms with van der Waals surface area (Å²) >= 11 is 5.11. The van der Waals surface area contributed by atoms with Gasteiger partial charge in [0.2, 0.25) is 0 Å². The molecule has 250 valence electrons. The molecule has 0 bridgehead atoms. The molecule has 0 spiro atoms. The molecule has 5 aromatic carbocycles. The van der Waals surface area contributed by atoms with Crippen molar-refractivity contribution in [1.29, 1.82) is 0 Å². The second kappa shape index (κ2) is 13.3. The maximum Gasteiger partial charge on any atom is 0.271 e. The smallest absolute Gasteiger partial charge is 0.271 e. The van der Waals surface area contributed by atoms with E-state index >= 15 is 0 Å². The van der Waals surface area contributed by atoms with Crippen molar-refractivity contribution in [3.05, 3.63) is 155 Å². The van der Waals surface area contributed by atoms with Crippen LogP contribution in [0.25, 0.3) is 22.5 Å². The lowest BCUT2D eigenvalue weighted by molar-refractivity contribution is 0.283. The molecule has 1 aliphatic carbocycles. The van der Waals surface area contributed by atoms with Gasteiger partial charge >= 0.3 is 0 Å². The zero-order valence-corrected chi connectivity index (χ0v) is 30.1. The lowest BCUT2D eigenvalue weighted by Gasteiger charge is -2.31. The molecule has 0 fully saturated rings. The zero-order chi connectivity index (χ0) is 34.4. The quantitative estimate of drug-likeness (QED) is 0.159. The Morgan fingerprint density at radius 2 is 1.64 bits per heavy atom. The van der Waals surface area contributed by atoms with E-state index in [1.165, 1.54) is 16.9 Å². The minimum absolute atomic E-state index is 0.106. The summed E-state index contributed by atoms with van der Waals surface area (Å²) in [5.74, 6) is 2.41. The van der Waals surface area contributed by atoms with Gasteiger partial charge in [-0.3, -0.25) is 9.36 Å². The largest absolute Gasteiger partial charge is 0.493 e. The molecule has 2 heterocycles. The van der Waals surface area contributed by atoms with Crippen LogP contribution in [0.5, 0.6) is 23.0 Å². The van der Waals surface area contributed by atoms with E-state index in [9.17, 15) is 4.79 Å². The number of nitrogens with zero attached hydrogens (tertiary/aromatic N) is 2. The summed E-state index contributed by atoms with van der Waals surface area (Å²) in [5.41, 5.74) is 7.15. The highest BCUT2D eigenvalue weighted by Gasteiger charge is 2.33. The number of aromatic nitrogens is 1. The molecule has 0 saturated carbocycles. The van der Waals surface area contributed by atoms with Crippen molar-refractivity contribution in [3.8, 4) is 23.0 Å². The fourth-order valence-corrected chi connectivity index (χ4v) is 8.60. The Labute approximate surface area is 301 Å². The maximum absolute atomic E-state index is 14.4. The van der Waals surface area contributed by atoms with Gasteiger partial charge in [-0.2, -0.15) is 0 Å². The molecule has 50 heavy (non-hydrogen) atoms. The lowest BCUT2D eigenvalue weighted by Crippen LogP contribution is -2.38. The molecule has 8 rings (SSSR count). The third-order valence-electron chi connectivity index (χ3n) is 9.40. The van der Waals surface area contributed by atoms with Crippen molar-refractivity contribution < 1.29 is 18.9 Å². The third-order valence-corrected chi connectivity index (χ3v) is 11.0. The molecule has 0 radical (unpaired) electrons. The Morgan fingerprint density at radius 1 is 0.860 bits per heavy atom. The average molecular weight is 746 g/mol. The normalized spacial score (nSPS) is 15.2. The molecule has 7 nitrogen and oxygen atoms in total. The van der Waals surface area contributed by atoms with Gasteiger partial charge in [0, 0.05) is 5.56 Å². The Kier molecular flexibility index (Phi) is 8.54. The van der Waals surface area contributed by atoms with Crippen molar-refractivity contribution in [2.24, 2.45) is 4.99 Å². The molecule has 9 heteroatoms. The van der Waals surface area contributed by atoms with Gasteiger partial charge in [-0.25, -0.2) is 4.99 Å². The van der Waals surface area contributed by atoms with Gasteiger partial charge in [0.05, 0.1) is 42.1 Å². The summed E-state index contributed by atoms with van der Waals surface area (Å²) in [6.45, 7) is 0.373. The topological polar surface area (TPSA) is 71.3 Å². The first-order valence-corrected chi connectivity index (χ1v) is 17.9. The number of allylic oxidation sites excluding steroid dienone is 1. The molecule has 0 unspecified atom stereocenters. The van der Waals surface area contributed by atoms with Crippen molar-refractivity contribution in [3.63, 3.8) is 0 Å². The number of aryl methyl sites for hydroxylation is 1. The molecule has 6 aromatic rings. The van der Waals surface area contributed by atoms with Crippen LogP contribution in [0.15, 0.2) is 117 Å². The van der Waals surface area contributed by atoms with Crippen LogP contribution in [0.2, 0.25) is 0 Å². The number of hydrogen-bond acceptors (Lipinski definition) is 7. The minimum Gasteiger partial charge on any atom is -0.493 e. The standard InChI is InChI=1S/C41H33BrN2O5S/c1-46-33-18-16-27(22-34(33)47-2)38-31-17-15-26-10-5-7-14-30(26)37(31)43-41-44(38)40(45)36(50-41)21-24-19-32(42)39(35(20-24)48-3)49-23-28-12-8-11-25-9-4-6-13-29(25)28/h4-14,16,18-22,38H,15,17,23H2,1-3H3/b36-21-/t38-/m1/s1. The summed E-state index contributed by atoms with van der Waals surface area (Å²) in [4.78, 5) is 20.2. The van der Waals surface area contributed by atoms with E-state index in [1.54, 1.807) is 21.3 Å². The Bertz CT molecular complexity index is 2510. The summed E-state index contributed by atoms with van der Waals surface area (Å²) in [5, 5.41) is 2.31.